The minimum Gasteiger partial charge on any atom is -0.335 e. The van der Waals surface area contributed by atoms with Crippen LogP contribution in [0.3, 0.4) is 0 Å². The molecule has 0 aromatic heterocycles. The van der Waals surface area contributed by atoms with E-state index in [0.29, 0.717) is 13.0 Å². The van der Waals surface area contributed by atoms with Gasteiger partial charge in [0.2, 0.25) is 0 Å². The van der Waals surface area contributed by atoms with Gasteiger partial charge in [0.05, 0.1) is 16.4 Å². The Morgan fingerprint density at radius 2 is 2.17 bits per heavy atom. The van der Waals surface area contributed by atoms with Crippen LogP contribution in [-0.4, -0.2) is 48.2 Å². The van der Waals surface area contributed by atoms with Crippen molar-refractivity contribution in [2.45, 2.75) is 32.2 Å². The largest absolute Gasteiger partial charge is 0.335 e. The molecule has 1 aromatic rings. The Hall–Kier alpha value is -1.67. The number of nitro groups is 1. The number of unbranched alkanes of at least 4 members (excludes halogenated alkanes) is 1. The van der Waals surface area contributed by atoms with E-state index in [1.165, 1.54) is 17.0 Å². The van der Waals surface area contributed by atoms with Gasteiger partial charge in [0.1, 0.15) is 5.02 Å². The van der Waals surface area contributed by atoms with Crippen LogP contribution in [0.1, 0.15) is 36.5 Å². The molecule has 1 aliphatic rings. The van der Waals surface area contributed by atoms with Crippen molar-refractivity contribution in [1.29, 1.82) is 0 Å². The summed E-state index contributed by atoms with van der Waals surface area (Å²) in [7, 11) is -3.13. The predicted molar refractivity (Wildman–Crippen MR) is 91.1 cm³/mol. The highest BCUT2D eigenvalue weighted by Gasteiger charge is 2.35. The Balaban J connectivity index is 2.31. The number of rotatable bonds is 6. The Labute approximate surface area is 145 Å². The summed E-state index contributed by atoms with van der Waals surface area (Å²) in [6.45, 7) is 2.40. The molecule has 24 heavy (non-hydrogen) atoms. The third-order valence-corrected chi connectivity index (χ3v) is 6.12. The average Bonchev–Trinajstić information content (AvgIpc) is 2.87. The molecule has 1 aliphatic heterocycles. The standard InChI is InChI=1S/C15H19ClN2O5S/c1-2-3-7-17(12-6-8-24(22,23)10-12)15(19)11-4-5-13(16)14(9-11)18(20)21/h4-5,9,12H,2-3,6-8,10H2,1H3/t12-/m0/s1. The minimum atomic E-state index is -3.13. The maximum absolute atomic E-state index is 12.8. The molecule has 1 saturated heterocycles. The monoisotopic (exact) mass is 374 g/mol. The highest BCUT2D eigenvalue weighted by atomic mass is 35.5. The summed E-state index contributed by atoms with van der Waals surface area (Å²) in [6, 6.07) is 3.51. The molecule has 0 bridgehead atoms. The summed E-state index contributed by atoms with van der Waals surface area (Å²) in [5, 5.41) is 11.0. The first-order chi connectivity index (χ1) is 11.2. The number of amides is 1. The number of nitro benzene ring substituents is 1. The van der Waals surface area contributed by atoms with Crippen molar-refractivity contribution in [3.63, 3.8) is 0 Å². The predicted octanol–water partition coefficient (Wildman–Crippen LogP) is 2.68. The van der Waals surface area contributed by atoms with Crippen molar-refractivity contribution in [1.82, 2.24) is 4.90 Å². The van der Waals surface area contributed by atoms with E-state index in [4.69, 9.17) is 11.6 Å². The fourth-order valence-corrected chi connectivity index (χ4v) is 4.67. The number of sulfone groups is 1. The lowest BCUT2D eigenvalue weighted by Gasteiger charge is -2.28. The lowest BCUT2D eigenvalue weighted by atomic mass is 10.1. The molecular weight excluding hydrogens is 356 g/mol. The Morgan fingerprint density at radius 1 is 1.46 bits per heavy atom. The van der Waals surface area contributed by atoms with E-state index in [0.717, 1.165) is 18.9 Å². The van der Waals surface area contributed by atoms with Gasteiger partial charge in [0.15, 0.2) is 9.84 Å². The van der Waals surface area contributed by atoms with Gasteiger partial charge in [-0.2, -0.15) is 0 Å². The van der Waals surface area contributed by atoms with Crippen LogP contribution in [-0.2, 0) is 9.84 Å². The highest BCUT2D eigenvalue weighted by Crippen LogP contribution is 2.27. The first kappa shape index (κ1) is 18.7. The average molecular weight is 375 g/mol. The van der Waals surface area contributed by atoms with Gasteiger partial charge in [-0.05, 0) is 25.0 Å². The number of halogens is 1. The molecule has 1 amide bonds. The van der Waals surface area contributed by atoms with E-state index in [1.807, 2.05) is 6.92 Å². The van der Waals surface area contributed by atoms with Gasteiger partial charge in [-0.25, -0.2) is 8.42 Å². The number of benzene rings is 1. The van der Waals surface area contributed by atoms with Gasteiger partial charge in [0.25, 0.3) is 11.6 Å². The number of hydrogen-bond donors (Lipinski definition) is 0. The second kappa shape index (κ2) is 7.48. The van der Waals surface area contributed by atoms with Crippen molar-refractivity contribution in [2.75, 3.05) is 18.1 Å². The lowest BCUT2D eigenvalue weighted by molar-refractivity contribution is -0.384. The minimum absolute atomic E-state index is 0.0416. The highest BCUT2D eigenvalue weighted by molar-refractivity contribution is 7.91. The first-order valence-corrected chi connectivity index (χ1v) is 9.90. The zero-order valence-corrected chi connectivity index (χ0v) is 14.8. The van der Waals surface area contributed by atoms with Crippen LogP contribution in [0.25, 0.3) is 0 Å². The van der Waals surface area contributed by atoms with Crippen LogP contribution < -0.4 is 0 Å². The normalized spacial score (nSPS) is 19.2. The second-order valence-corrected chi connectivity index (χ2v) is 8.47. The number of hydrogen-bond acceptors (Lipinski definition) is 5. The first-order valence-electron chi connectivity index (χ1n) is 7.70. The van der Waals surface area contributed by atoms with Gasteiger partial charge >= 0.3 is 0 Å². The molecule has 0 unspecified atom stereocenters. The molecule has 1 fully saturated rings. The molecule has 1 heterocycles. The van der Waals surface area contributed by atoms with Crippen molar-refractivity contribution < 1.29 is 18.1 Å². The Kier molecular flexibility index (Phi) is 5.82. The van der Waals surface area contributed by atoms with Crippen LogP contribution in [0.5, 0.6) is 0 Å². The fraction of sp³-hybridized carbons (Fsp3) is 0.533. The smallest absolute Gasteiger partial charge is 0.288 e. The molecule has 2 rings (SSSR count). The van der Waals surface area contributed by atoms with Crippen LogP contribution in [0.2, 0.25) is 5.02 Å². The molecule has 132 valence electrons. The summed E-state index contributed by atoms with van der Waals surface area (Å²) in [4.78, 5) is 24.7. The van der Waals surface area contributed by atoms with E-state index < -0.39 is 20.7 Å². The molecule has 1 aromatic carbocycles. The van der Waals surface area contributed by atoms with Crippen LogP contribution in [0, 0.1) is 10.1 Å². The van der Waals surface area contributed by atoms with Gasteiger partial charge in [-0.3, -0.25) is 14.9 Å². The summed E-state index contributed by atoms with van der Waals surface area (Å²) in [5.41, 5.74) is -0.191. The zero-order chi connectivity index (χ0) is 17.9. The Morgan fingerprint density at radius 3 is 2.71 bits per heavy atom. The number of carbonyl (C=O) groups is 1. The van der Waals surface area contributed by atoms with Crippen LogP contribution in [0.15, 0.2) is 18.2 Å². The maximum atomic E-state index is 12.8. The van der Waals surface area contributed by atoms with Crippen molar-refractivity contribution in [3.8, 4) is 0 Å². The van der Waals surface area contributed by atoms with Gasteiger partial charge in [0, 0.05) is 24.2 Å². The van der Waals surface area contributed by atoms with Crippen LogP contribution in [0.4, 0.5) is 5.69 Å². The summed E-state index contributed by atoms with van der Waals surface area (Å²) in [6.07, 6.45) is 1.98. The van der Waals surface area contributed by atoms with Crippen molar-refractivity contribution >= 4 is 33.0 Å². The summed E-state index contributed by atoms with van der Waals surface area (Å²) < 4.78 is 23.4. The molecule has 0 saturated carbocycles. The van der Waals surface area contributed by atoms with E-state index in [2.05, 4.69) is 0 Å². The second-order valence-electron chi connectivity index (χ2n) is 5.83. The SMILES string of the molecule is CCCCN(C(=O)c1ccc(Cl)c([N+](=O)[O-])c1)[C@H]1CCS(=O)(=O)C1. The van der Waals surface area contributed by atoms with Crippen molar-refractivity contribution in [2.24, 2.45) is 0 Å². The van der Waals surface area contributed by atoms with Crippen molar-refractivity contribution in [3.05, 3.63) is 38.9 Å². The quantitative estimate of drug-likeness (QED) is 0.563. The maximum Gasteiger partial charge on any atom is 0.288 e. The topological polar surface area (TPSA) is 97.6 Å². The summed E-state index contributed by atoms with van der Waals surface area (Å²) in [5.74, 6) is -0.391. The third kappa shape index (κ3) is 4.24. The van der Waals surface area contributed by atoms with Crippen LogP contribution >= 0.6 is 11.6 Å². The molecule has 0 spiro atoms. The summed E-state index contributed by atoms with van der Waals surface area (Å²) >= 11 is 5.78. The molecule has 7 nitrogen and oxygen atoms in total. The molecule has 0 N–H and O–H groups in total. The lowest BCUT2D eigenvalue weighted by Crippen LogP contribution is -2.41. The van der Waals surface area contributed by atoms with E-state index >= 15 is 0 Å². The van der Waals surface area contributed by atoms with Gasteiger partial charge < -0.3 is 4.90 Å². The molecule has 0 radical (unpaired) electrons. The van der Waals surface area contributed by atoms with Gasteiger partial charge in [-0.15, -0.1) is 0 Å². The molecule has 0 aliphatic carbocycles. The van der Waals surface area contributed by atoms with E-state index in [9.17, 15) is 23.3 Å². The molecular formula is C15H19ClN2O5S. The van der Waals surface area contributed by atoms with E-state index in [1.54, 1.807) is 0 Å². The van der Waals surface area contributed by atoms with E-state index in [-0.39, 0.29) is 33.8 Å². The molecule has 9 heteroatoms. The zero-order valence-electron chi connectivity index (χ0n) is 13.3. The third-order valence-electron chi connectivity index (χ3n) is 4.05. The molecule has 1 atom stereocenters. The number of nitrogens with zero attached hydrogens (tertiary/aromatic N) is 2. The Bertz CT molecular complexity index is 750. The fourth-order valence-electron chi connectivity index (χ4n) is 2.75. The number of carbonyl (C=O) groups excluding carboxylic acids is 1. The van der Waals surface area contributed by atoms with Gasteiger partial charge in [-0.1, -0.05) is 24.9 Å².